The van der Waals surface area contributed by atoms with Crippen molar-refractivity contribution in [1.82, 2.24) is 15.1 Å². The van der Waals surface area contributed by atoms with Crippen molar-refractivity contribution in [3.8, 4) is 5.75 Å². The van der Waals surface area contributed by atoms with Crippen LogP contribution in [-0.2, 0) is 11.3 Å². The minimum atomic E-state index is 0.170. The molecule has 0 atom stereocenters. The minimum absolute atomic E-state index is 0.170. The molecule has 0 spiro atoms. The summed E-state index contributed by atoms with van der Waals surface area (Å²) in [6.45, 7) is 4.31. The van der Waals surface area contributed by atoms with Gasteiger partial charge in [0.15, 0.2) is 5.11 Å². The molecular formula is C21H31N3O2S. The normalized spacial score (nSPS) is 18.7. The van der Waals surface area contributed by atoms with E-state index in [1.807, 2.05) is 24.3 Å². The van der Waals surface area contributed by atoms with Gasteiger partial charge < -0.3 is 19.9 Å². The Morgan fingerprint density at radius 3 is 2.26 bits per heavy atom. The van der Waals surface area contributed by atoms with Gasteiger partial charge in [-0.2, -0.15) is 0 Å². The fourth-order valence-corrected chi connectivity index (χ4v) is 4.17. The minimum Gasteiger partial charge on any atom is -0.497 e. The molecule has 1 N–H and O–H groups in total. The first-order valence-electron chi connectivity index (χ1n) is 10.1. The van der Waals surface area contributed by atoms with Crippen molar-refractivity contribution in [2.45, 2.75) is 45.1 Å². The van der Waals surface area contributed by atoms with Crippen LogP contribution in [0.4, 0.5) is 0 Å². The van der Waals surface area contributed by atoms with E-state index in [0.29, 0.717) is 12.5 Å². The molecule has 5 nitrogen and oxygen atoms in total. The highest BCUT2D eigenvalue weighted by Crippen LogP contribution is 2.22. The number of hydrogen-bond donors (Lipinski definition) is 1. The molecule has 3 rings (SSSR count). The van der Waals surface area contributed by atoms with Gasteiger partial charge in [0.2, 0.25) is 5.91 Å². The summed E-state index contributed by atoms with van der Waals surface area (Å²) >= 11 is 5.56. The first-order chi connectivity index (χ1) is 13.2. The average molecular weight is 390 g/mol. The molecule has 2 fully saturated rings. The summed E-state index contributed by atoms with van der Waals surface area (Å²) in [5.41, 5.74) is 1.17. The third-order valence-electron chi connectivity index (χ3n) is 5.65. The number of carbonyl (C=O) groups is 1. The maximum absolute atomic E-state index is 12.8. The lowest BCUT2D eigenvalue weighted by molar-refractivity contribution is -0.136. The SMILES string of the molecule is COc1ccc(CNC(=S)N2CCC(C(=O)N3CCCCCC3)CC2)cc1. The third-order valence-corrected chi connectivity index (χ3v) is 6.05. The number of rotatable bonds is 4. The largest absolute Gasteiger partial charge is 0.497 e. The van der Waals surface area contributed by atoms with E-state index in [0.717, 1.165) is 62.7 Å². The van der Waals surface area contributed by atoms with Crippen LogP contribution >= 0.6 is 12.2 Å². The maximum Gasteiger partial charge on any atom is 0.225 e. The first-order valence-corrected chi connectivity index (χ1v) is 10.5. The first kappa shape index (κ1) is 19.9. The van der Waals surface area contributed by atoms with Gasteiger partial charge in [0.1, 0.15) is 5.75 Å². The second kappa shape index (κ2) is 9.93. The van der Waals surface area contributed by atoms with Crippen LogP contribution in [0, 0.1) is 5.92 Å². The second-order valence-electron chi connectivity index (χ2n) is 7.51. The van der Waals surface area contributed by atoms with Crippen molar-refractivity contribution < 1.29 is 9.53 Å². The number of carbonyl (C=O) groups excluding carboxylic acids is 1. The van der Waals surface area contributed by atoms with Gasteiger partial charge in [-0.05, 0) is 55.6 Å². The molecule has 2 aliphatic rings. The molecule has 2 aliphatic heterocycles. The maximum atomic E-state index is 12.8. The smallest absolute Gasteiger partial charge is 0.225 e. The number of benzene rings is 1. The van der Waals surface area contributed by atoms with E-state index in [4.69, 9.17) is 17.0 Å². The Hall–Kier alpha value is -1.82. The van der Waals surface area contributed by atoms with Crippen LogP contribution in [0.25, 0.3) is 0 Å². The molecule has 0 bridgehead atoms. The number of methoxy groups -OCH3 is 1. The lowest BCUT2D eigenvalue weighted by atomic mass is 9.95. The highest BCUT2D eigenvalue weighted by atomic mass is 32.1. The average Bonchev–Trinajstić information content (AvgIpc) is 3.01. The quantitative estimate of drug-likeness (QED) is 0.802. The highest BCUT2D eigenvalue weighted by molar-refractivity contribution is 7.80. The summed E-state index contributed by atoms with van der Waals surface area (Å²) in [4.78, 5) is 17.1. The summed E-state index contributed by atoms with van der Waals surface area (Å²) < 4.78 is 5.18. The van der Waals surface area contributed by atoms with Crippen LogP contribution in [0.5, 0.6) is 5.75 Å². The van der Waals surface area contributed by atoms with Crippen LogP contribution in [0.1, 0.15) is 44.1 Å². The topological polar surface area (TPSA) is 44.8 Å². The Balaban J connectivity index is 1.42. The van der Waals surface area contributed by atoms with Crippen molar-refractivity contribution in [2.24, 2.45) is 5.92 Å². The van der Waals surface area contributed by atoms with Gasteiger partial charge in [-0.15, -0.1) is 0 Å². The van der Waals surface area contributed by atoms with E-state index >= 15 is 0 Å². The molecule has 0 aromatic heterocycles. The van der Waals surface area contributed by atoms with Gasteiger partial charge in [0.25, 0.3) is 0 Å². The molecule has 0 unspecified atom stereocenters. The van der Waals surface area contributed by atoms with Crippen molar-refractivity contribution in [2.75, 3.05) is 33.3 Å². The number of nitrogens with one attached hydrogen (secondary N) is 1. The van der Waals surface area contributed by atoms with E-state index in [1.54, 1.807) is 7.11 Å². The zero-order valence-electron chi connectivity index (χ0n) is 16.3. The van der Waals surface area contributed by atoms with E-state index < -0.39 is 0 Å². The Labute approximate surface area is 168 Å². The van der Waals surface area contributed by atoms with E-state index in [1.165, 1.54) is 18.4 Å². The number of likely N-dealkylation sites (tertiary alicyclic amines) is 2. The van der Waals surface area contributed by atoms with E-state index in [2.05, 4.69) is 15.1 Å². The van der Waals surface area contributed by atoms with Gasteiger partial charge in [-0.25, -0.2) is 0 Å². The van der Waals surface area contributed by atoms with Gasteiger partial charge >= 0.3 is 0 Å². The molecule has 0 radical (unpaired) electrons. The monoisotopic (exact) mass is 389 g/mol. The second-order valence-corrected chi connectivity index (χ2v) is 7.89. The lowest BCUT2D eigenvalue weighted by Crippen LogP contribution is -2.47. The predicted molar refractivity (Wildman–Crippen MR) is 112 cm³/mol. The molecular weight excluding hydrogens is 358 g/mol. The fraction of sp³-hybridized carbons (Fsp3) is 0.619. The van der Waals surface area contributed by atoms with Crippen molar-refractivity contribution in [3.63, 3.8) is 0 Å². The standard InChI is InChI=1S/C21H31N3O2S/c1-26-19-8-6-17(7-9-19)16-22-21(27)24-14-10-18(11-15-24)20(25)23-12-4-2-3-5-13-23/h6-9,18H,2-5,10-16H2,1H3,(H,22,27). The highest BCUT2D eigenvalue weighted by Gasteiger charge is 2.29. The number of amides is 1. The number of nitrogens with zero attached hydrogens (tertiary/aromatic N) is 2. The number of hydrogen-bond acceptors (Lipinski definition) is 3. The fourth-order valence-electron chi connectivity index (χ4n) is 3.91. The van der Waals surface area contributed by atoms with Crippen molar-refractivity contribution >= 4 is 23.2 Å². The summed E-state index contributed by atoms with van der Waals surface area (Å²) in [7, 11) is 1.67. The van der Waals surface area contributed by atoms with Gasteiger partial charge in [0, 0.05) is 38.6 Å². The molecule has 0 saturated carbocycles. The zero-order valence-corrected chi connectivity index (χ0v) is 17.1. The van der Waals surface area contributed by atoms with Crippen LogP contribution < -0.4 is 10.1 Å². The van der Waals surface area contributed by atoms with E-state index in [9.17, 15) is 4.79 Å². The Morgan fingerprint density at radius 1 is 1.04 bits per heavy atom. The molecule has 1 aromatic rings. The van der Waals surface area contributed by atoms with Gasteiger partial charge in [-0.3, -0.25) is 4.79 Å². The molecule has 1 amide bonds. The Bertz CT molecular complexity index is 619. The summed E-state index contributed by atoms with van der Waals surface area (Å²) in [5.74, 6) is 1.40. The number of piperidine rings is 1. The summed E-state index contributed by atoms with van der Waals surface area (Å²) in [5, 5.41) is 4.13. The molecule has 6 heteroatoms. The molecule has 1 aromatic carbocycles. The summed E-state index contributed by atoms with van der Waals surface area (Å²) in [6.07, 6.45) is 6.64. The van der Waals surface area contributed by atoms with Crippen LogP contribution in [-0.4, -0.2) is 54.1 Å². The number of ether oxygens (including phenoxy) is 1. The predicted octanol–water partition coefficient (Wildman–Crippen LogP) is 3.18. The Kier molecular flexibility index (Phi) is 7.33. The van der Waals surface area contributed by atoms with E-state index in [-0.39, 0.29) is 5.92 Å². The van der Waals surface area contributed by atoms with Crippen LogP contribution in [0.15, 0.2) is 24.3 Å². The zero-order chi connectivity index (χ0) is 19.1. The molecule has 148 valence electrons. The molecule has 2 heterocycles. The molecule has 27 heavy (non-hydrogen) atoms. The summed E-state index contributed by atoms with van der Waals surface area (Å²) in [6, 6.07) is 8.00. The van der Waals surface area contributed by atoms with Gasteiger partial charge in [0.05, 0.1) is 7.11 Å². The van der Waals surface area contributed by atoms with Crippen LogP contribution in [0.2, 0.25) is 0 Å². The van der Waals surface area contributed by atoms with Crippen molar-refractivity contribution in [1.29, 1.82) is 0 Å². The lowest BCUT2D eigenvalue weighted by Gasteiger charge is -2.35. The molecule has 0 aliphatic carbocycles. The van der Waals surface area contributed by atoms with Crippen LogP contribution in [0.3, 0.4) is 0 Å². The van der Waals surface area contributed by atoms with Crippen molar-refractivity contribution in [3.05, 3.63) is 29.8 Å². The molecule has 2 saturated heterocycles. The number of thiocarbonyl (C=S) groups is 1. The third kappa shape index (κ3) is 5.58. The Morgan fingerprint density at radius 2 is 1.67 bits per heavy atom. The van der Waals surface area contributed by atoms with Gasteiger partial charge in [-0.1, -0.05) is 25.0 Å².